The molecule has 0 bridgehead atoms. The van der Waals surface area contributed by atoms with Gasteiger partial charge in [-0.3, -0.25) is 0 Å². The summed E-state index contributed by atoms with van der Waals surface area (Å²) in [6.07, 6.45) is 0. The minimum absolute atomic E-state index is 0.0326. The van der Waals surface area contributed by atoms with Crippen LogP contribution >= 0.6 is 0 Å². The van der Waals surface area contributed by atoms with Gasteiger partial charge >= 0.3 is 0 Å². The summed E-state index contributed by atoms with van der Waals surface area (Å²) in [4.78, 5) is 2.49. The molecule has 0 unspecified atom stereocenters. The minimum atomic E-state index is -0.135. The minimum Gasteiger partial charge on any atom is -0.456 e. The molecule has 0 fully saturated rings. The van der Waals surface area contributed by atoms with E-state index in [9.17, 15) is 0 Å². The summed E-state index contributed by atoms with van der Waals surface area (Å²) in [5.41, 5.74) is 12.9. The van der Waals surface area contributed by atoms with Gasteiger partial charge in [-0.15, -0.1) is 0 Å². The van der Waals surface area contributed by atoms with Crippen molar-refractivity contribution in [2.24, 2.45) is 0 Å². The molecular formula is C53H47NO. The lowest BCUT2D eigenvalue weighted by Gasteiger charge is -2.29. The molecular weight excluding hydrogens is 667 g/mol. The van der Waals surface area contributed by atoms with Gasteiger partial charge in [0.2, 0.25) is 0 Å². The number of hydrogen-bond acceptors (Lipinski definition) is 2. The van der Waals surface area contributed by atoms with Gasteiger partial charge in [0, 0.05) is 27.7 Å². The predicted octanol–water partition coefficient (Wildman–Crippen LogP) is 15.4. The highest BCUT2D eigenvalue weighted by Gasteiger charge is 2.36. The molecule has 0 N–H and O–H groups in total. The van der Waals surface area contributed by atoms with Crippen LogP contribution in [0, 0.1) is 0 Å². The van der Waals surface area contributed by atoms with Crippen LogP contribution < -0.4 is 4.90 Å². The van der Waals surface area contributed by atoms with Gasteiger partial charge in [0.1, 0.15) is 11.2 Å². The van der Waals surface area contributed by atoms with Gasteiger partial charge in [-0.25, -0.2) is 0 Å². The number of rotatable bonds is 3. The fraction of sp³-hybridized carbons (Fsp3) is 0.208. The molecule has 270 valence electrons. The van der Waals surface area contributed by atoms with E-state index in [0.29, 0.717) is 0 Å². The molecule has 0 saturated carbocycles. The lowest BCUT2D eigenvalue weighted by atomic mass is 9.79. The van der Waals surface area contributed by atoms with Gasteiger partial charge in [0.15, 0.2) is 0 Å². The third-order valence-corrected chi connectivity index (χ3v) is 12.3. The normalized spacial score (nSPS) is 14.0. The fourth-order valence-corrected chi connectivity index (χ4v) is 9.38. The summed E-state index contributed by atoms with van der Waals surface area (Å²) in [5.74, 6) is 0. The Balaban J connectivity index is 1.31. The number of furan rings is 1. The van der Waals surface area contributed by atoms with Crippen molar-refractivity contribution in [2.45, 2.75) is 71.6 Å². The maximum atomic E-state index is 6.94. The second kappa shape index (κ2) is 11.6. The zero-order valence-corrected chi connectivity index (χ0v) is 33.1. The van der Waals surface area contributed by atoms with Crippen LogP contribution in [0.25, 0.3) is 65.4 Å². The number of fused-ring (bicyclic) bond motifs is 12. The second-order valence-corrected chi connectivity index (χ2v) is 18.2. The van der Waals surface area contributed by atoms with Gasteiger partial charge in [-0.1, -0.05) is 152 Å². The second-order valence-electron chi connectivity index (χ2n) is 18.2. The highest BCUT2D eigenvalue weighted by molar-refractivity contribution is 6.26. The van der Waals surface area contributed by atoms with Crippen LogP contribution in [-0.4, -0.2) is 0 Å². The highest BCUT2D eigenvalue weighted by atomic mass is 16.3. The van der Waals surface area contributed by atoms with Crippen LogP contribution in [0.3, 0.4) is 0 Å². The van der Waals surface area contributed by atoms with E-state index in [-0.39, 0.29) is 16.2 Å². The molecule has 9 aromatic rings. The van der Waals surface area contributed by atoms with Gasteiger partial charge in [-0.2, -0.15) is 0 Å². The Kier molecular flexibility index (Phi) is 7.09. The topological polar surface area (TPSA) is 16.4 Å². The van der Waals surface area contributed by atoms with Gasteiger partial charge in [0.25, 0.3) is 0 Å². The van der Waals surface area contributed by atoms with Crippen molar-refractivity contribution in [1.82, 2.24) is 0 Å². The van der Waals surface area contributed by atoms with E-state index in [1.54, 1.807) is 0 Å². The van der Waals surface area contributed by atoms with E-state index >= 15 is 0 Å². The molecule has 0 saturated heterocycles. The van der Waals surface area contributed by atoms with Crippen molar-refractivity contribution in [3.05, 3.63) is 162 Å². The largest absolute Gasteiger partial charge is 0.456 e. The first kappa shape index (κ1) is 33.7. The molecule has 2 heteroatoms. The van der Waals surface area contributed by atoms with Crippen molar-refractivity contribution >= 4 is 71.3 Å². The summed E-state index contributed by atoms with van der Waals surface area (Å²) in [5, 5.41) is 9.92. The zero-order chi connectivity index (χ0) is 38.0. The molecule has 0 radical (unpaired) electrons. The van der Waals surface area contributed by atoms with Crippen LogP contribution in [-0.2, 0) is 16.2 Å². The van der Waals surface area contributed by atoms with E-state index in [0.717, 1.165) is 33.6 Å². The smallest absolute Gasteiger partial charge is 0.139 e. The van der Waals surface area contributed by atoms with Crippen LogP contribution in [0.15, 0.2) is 144 Å². The van der Waals surface area contributed by atoms with Crippen LogP contribution in [0.5, 0.6) is 0 Å². The molecule has 8 aromatic carbocycles. The molecule has 0 atom stereocenters. The molecule has 2 nitrogen and oxygen atoms in total. The standard InChI is InChI=1S/C53H47NO/c1-51(2,3)32-28-43-49-47(22-15-23-48(49)55-50(43)46(29-32)52(4,5)6)54(34-25-27-41-40-20-13-14-21-44(40)53(7,8)45(41)31-34)33-24-26-39-37-18-10-9-16-35(37)36-17-11-12-19-38(36)42(39)30-33/h9-31H,1-8H3. The Labute approximate surface area is 324 Å². The van der Waals surface area contributed by atoms with Crippen molar-refractivity contribution in [3.63, 3.8) is 0 Å². The Hall–Kier alpha value is -5.86. The molecule has 1 aliphatic carbocycles. The van der Waals surface area contributed by atoms with Gasteiger partial charge in [0.05, 0.1) is 11.1 Å². The van der Waals surface area contributed by atoms with Crippen molar-refractivity contribution < 1.29 is 4.42 Å². The monoisotopic (exact) mass is 713 g/mol. The van der Waals surface area contributed by atoms with E-state index in [1.165, 1.54) is 71.1 Å². The molecule has 1 aliphatic rings. The predicted molar refractivity (Wildman–Crippen MR) is 236 cm³/mol. The van der Waals surface area contributed by atoms with E-state index in [1.807, 2.05) is 0 Å². The summed E-state index contributed by atoms with van der Waals surface area (Å²) in [6.45, 7) is 18.5. The molecule has 0 amide bonds. The molecule has 55 heavy (non-hydrogen) atoms. The van der Waals surface area contributed by atoms with Crippen LogP contribution in [0.2, 0.25) is 0 Å². The maximum Gasteiger partial charge on any atom is 0.139 e. The first-order chi connectivity index (χ1) is 26.3. The highest BCUT2D eigenvalue weighted by Crippen LogP contribution is 2.52. The fourth-order valence-electron chi connectivity index (χ4n) is 9.38. The van der Waals surface area contributed by atoms with Crippen molar-refractivity contribution in [3.8, 4) is 11.1 Å². The molecule has 0 spiro atoms. The summed E-state index contributed by atoms with van der Waals surface area (Å²) < 4.78 is 6.94. The average molecular weight is 714 g/mol. The van der Waals surface area contributed by atoms with E-state index in [2.05, 4.69) is 200 Å². The van der Waals surface area contributed by atoms with Gasteiger partial charge in [-0.05, 0) is 113 Å². The first-order valence-corrected chi connectivity index (χ1v) is 19.7. The maximum absolute atomic E-state index is 6.94. The van der Waals surface area contributed by atoms with Crippen molar-refractivity contribution in [1.29, 1.82) is 0 Å². The Morgan fingerprint density at radius 2 is 1.05 bits per heavy atom. The number of benzene rings is 8. The average Bonchev–Trinajstić information content (AvgIpc) is 3.66. The van der Waals surface area contributed by atoms with Crippen molar-refractivity contribution in [2.75, 3.05) is 4.90 Å². The first-order valence-electron chi connectivity index (χ1n) is 19.7. The molecule has 0 aliphatic heterocycles. The molecule has 10 rings (SSSR count). The third kappa shape index (κ3) is 5.00. The summed E-state index contributed by atoms with van der Waals surface area (Å²) in [7, 11) is 0. The lowest BCUT2D eigenvalue weighted by molar-refractivity contribution is 0.559. The van der Waals surface area contributed by atoms with E-state index < -0.39 is 0 Å². The van der Waals surface area contributed by atoms with Crippen LogP contribution in [0.4, 0.5) is 17.1 Å². The Morgan fingerprint density at radius 3 is 1.73 bits per heavy atom. The zero-order valence-electron chi connectivity index (χ0n) is 33.1. The van der Waals surface area contributed by atoms with Gasteiger partial charge < -0.3 is 9.32 Å². The van der Waals surface area contributed by atoms with E-state index in [4.69, 9.17) is 4.42 Å². The number of nitrogens with zero attached hydrogens (tertiary/aromatic N) is 1. The Morgan fingerprint density at radius 1 is 0.473 bits per heavy atom. The molecule has 1 aromatic heterocycles. The quantitative estimate of drug-likeness (QED) is 0.170. The van der Waals surface area contributed by atoms with Crippen LogP contribution in [0.1, 0.15) is 77.6 Å². The lowest BCUT2D eigenvalue weighted by Crippen LogP contribution is -2.17. The summed E-state index contributed by atoms with van der Waals surface area (Å²) in [6, 6.07) is 52.1. The number of hydrogen-bond donors (Lipinski definition) is 0. The third-order valence-electron chi connectivity index (χ3n) is 12.3. The molecule has 1 heterocycles. The SMILES string of the molecule is CC(C)(C)c1cc(C(C)(C)C)c2oc3cccc(N(c4ccc5c(c4)C(C)(C)c4ccccc4-5)c4ccc5c6ccccc6c6ccccc6c5c4)c3c2c1. The Bertz CT molecular complexity index is 3000. The number of anilines is 3. The summed E-state index contributed by atoms with van der Waals surface area (Å²) >= 11 is 0.